The molecular formula is C18H25N5O3. The van der Waals surface area contributed by atoms with E-state index in [1.54, 1.807) is 18.6 Å². The summed E-state index contributed by atoms with van der Waals surface area (Å²) in [7, 11) is 0. The topological polar surface area (TPSA) is 90.4 Å². The van der Waals surface area contributed by atoms with E-state index in [-0.39, 0.29) is 5.54 Å². The van der Waals surface area contributed by atoms with Crippen LogP contribution < -0.4 is 24.8 Å². The van der Waals surface area contributed by atoms with Crippen LogP contribution in [0.25, 0.3) is 0 Å². The highest BCUT2D eigenvalue weighted by Gasteiger charge is 2.33. The highest BCUT2D eigenvalue weighted by Crippen LogP contribution is 2.27. The van der Waals surface area contributed by atoms with E-state index < -0.39 is 0 Å². The molecule has 8 nitrogen and oxygen atoms in total. The molecule has 2 aromatic heterocycles. The maximum atomic E-state index is 5.85. The number of rotatable bonds is 8. The van der Waals surface area contributed by atoms with Gasteiger partial charge in [-0.15, -0.1) is 0 Å². The zero-order chi connectivity index (χ0) is 18.2. The van der Waals surface area contributed by atoms with E-state index >= 15 is 0 Å². The Balaban J connectivity index is 1.59. The van der Waals surface area contributed by atoms with Crippen LogP contribution >= 0.6 is 0 Å². The predicted molar refractivity (Wildman–Crippen MR) is 96.7 cm³/mol. The molecule has 0 aliphatic carbocycles. The number of pyridine rings is 1. The summed E-state index contributed by atoms with van der Waals surface area (Å²) in [6.07, 6.45) is 4.99. The number of piperazine rings is 1. The van der Waals surface area contributed by atoms with Crippen molar-refractivity contribution in [1.82, 2.24) is 25.6 Å². The fourth-order valence-electron chi connectivity index (χ4n) is 2.83. The number of nitrogens with one attached hydrogen (secondary N) is 2. The minimum Gasteiger partial charge on any atom is -0.484 e. The lowest BCUT2D eigenvalue weighted by Crippen LogP contribution is -2.55. The van der Waals surface area contributed by atoms with Crippen LogP contribution in [0.1, 0.15) is 19.5 Å². The van der Waals surface area contributed by atoms with Crippen molar-refractivity contribution in [2.45, 2.75) is 19.4 Å². The molecule has 1 aliphatic rings. The fraction of sp³-hybridized carbons (Fsp3) is 0.500. The summed E-state index contributed by atoms with van der Waals surface area (Å²) in [5, 5.41) is 6.87. The molecule has 1 saturated heterocycles. The Labute approximate surface area is 153 Å². The Kier molecular flexibility index (Phi) is 6.19. The monoisotopic (exact) mass is 359 g/mol. The Bertz CT molecular complexity index is 707. The summed E-state index contributed by atoms with van der Waals surface area (Å²) in [4.78, 5) is 13.0. The molecule has 0 aromatic carbocycles. The lowest BCUT2D eigenvalue weighted by atomic mass is 9.95. The van der Waals surface area contributed by atoms with E-state index in [2.05, 4.69) is 32.5 Å². The normalized spacial score (nSPS) is 19.8. The van der Waals surface area contributed by atoms with Crippen LogP contribution in [0.5, 0.6) is 17.5 Å². The van der Waals surface area contributed by atoms with Crippen molar-refractivity contribution in [2.24, 2.45) is 0 Å². The quantitative estimate of drug-likeness (QED) is 0.678. The summed E-state index contributed by atoms with van der Waals surface area (Å²) in [6, 6.07) is 3.63. The molecule has 3 heterocycles. The Hall–Kier alpha value is -2.45. The van der Waals surface area contributed by atoms with E-state index in [4.69, 9.17) is 14.2 Å². The second-order valence-corrected chi connectivity index (χ2v) is 6.08. The predicted octanol–water partition coefficient (Wildman–Crippen LogP) is 1.14. The van der Waals surface area contributed by atoms with Crippen molar-refractivity contribution < 1.29 is 14.2 Å². The van der Waals surface area contributed by atoms with Crippen molar-refractivity contribution in [3.8, 4) is 17.5 Å². The van der Waals surface area contributed by atoms with Gasteiger partial charge >= 0.3 is 0 Å². The highest BCUT2D eigenvalue weighted by atomic mass is 16.5. The SMILES string of the molecule is CCOc1ncccc1OCCOc1nccnc1C1(C)CNCCN1. The van der Waals surface area contributed by atoms with Crippen molar-refractivity contribution in [1.29, 1.82) is 0 Å². The molecule has 1 aliphatic heterocycles. The maximum Gasteiger partial charge on any atom is 0.256 e. The van der Waals surface area contributed by atoms with Crippen LogP contribution in [0.3, 0.4) is 0 Å². The van der Waals surface area contributed by atoms with Gasteiger partial charge in [-0.1, -0.05) is 0 Å². The first-order chi connectivity index (χ1) is 12.7. The van der Waals surface area contributed by atoms with Gasteiger partial charge in [-0.3, -0.25) is 4.98 Å². The lowest BCUT2D eigenvalue weighted by molar-refractivity contribution is 0.193. The number of nitrogens with zero attached hydrogens (tertiary/aromatic N) is 3. The molecular weight excluding hydrogens is 334 g/mol. The molecule has 8 heteroatoms. The molecule has 0 spiro atoms. The van der Waals surface area contributed by atoms with E-state index in [1.165, 1.54) is 0 Å². The third-order valence-electron chi connectivity index (χ3n) is 4.08. The molecule has 140 valence electrons. The maximum absolute atomic E-state index is 5.85. The van der Waals surface area contributed by atoms with Crippen LogP contribution in [0.2, 0.25) is 0 Å². The van der Waals surface area contributed by atoms with Gasteiger partial charge in [0.05, 0.1) is 12.1 Å². The van der Waals surface area contributed by atoms with Gasteiger partial charge in [0, 0.05) is 38.2 Å². The lowest BCUT2D eigenvalue weighted by Gasteiger charge is -2.35. The molecule has 2 N–H and O–H groups in total. The molecule has 1 unspecified atom stereocenters. The third-order valence-corrected chi connectivity index (χ3v) is 4.08. The molecule has 2 aromatic rings. The van der Waals surface area contributed by atoms with Crippen molar-refractivity contribution >= 4 is 0 Å². The van der Waals surface area contributed by atoms with Gasteiger partial charge in [0.1, 0.15) is 18.9 Å². The van der Waals surface area contributed by atoms with Gasteiger partial charge in [-0.2, -0.15) is 0 Å². The van der Waals surface area contributed by atoms with Gasteiger partial charge in [0.2, 0.25) is 5.88 Å². The van der Waals surface area contributed by atoms with Gasteiger partial charge in [0.25, 0.3) is 5.88 Å². The molecule has 0 amide bonds. The van der Waals surface area contributed by atoms with Gasteiger partial charge in [0.15, 0.2) is 5.75 Å². The summed E-state index contributed by atoms with van der Waals surface area (Å²) >= 11 is 0. The Morgan fingerprint density at radius 3 is 2.62 bits per heavy atom. The number of hydrogen-bond donors (Lipinski definition) is 2. The molecule has 1 fully saturated rings. The van der Waals surface area contributed by atoms with Crippen molar-refractivity contribution in [3.63, 3.8) is 0 Å². The second-order valence-electron chi connectivity index (χ2n) is 6.08. The third kappa shape index (κ3) is 4.39. The summed E-state index contributed by atoms with van der Waals surface area (Å²) in [5.74, 6) is 1.61. The van der Waals surface area contributed by atoms with E-state index in [0.717, 1.165) is 25.3 Å². The smallest absolute Gasteiger partial charge is 0.256 e. The minimum atomic E-state index is -0.311. The standard InChI is InChI=1S/C18H25N5O3/c1-3-24-16-14(5-4-6-21-16)25-11-12-26-17-15(20-8-9-22-17)18(2)13-19-7-10-23-18/h4-6,8-9,19,23H,3,7,10-13H2,1-2H3. The van der Waals surface area contributed by atoms with Gasteiger partial charge in [-0.25, -0.2) is 9.97 Å². The van der Waals surface area contributed by atoms with Crippen molar-refractivity contribution in [3.05, 3.63) is 36.4 Å². The molecule has 0 saturated carbocycles. The Morgan fingerprint density at radius 1 is 1.00 bits per heavy atom. The summed E-state index contributed by atoms with van der Waals surface area (Å²) in [5.41, 5.74) is 0.484. The number of aromatic nitrogens is 3. The van der Waals surface area contributed by atoms with E-state index in [1.807, 2.05) is 19.1 Å². The van der Waals surface area contributed by atoms with E-state index in [0.29, 0.717) is 37.3 Å². The van der Waals surface area contributed by atoms with Gasteiger partial charge in [-0.05, 0) is 26.0 Å². The summed E-state index contributed by atoms with van der Waals surface area (Å²) in [6.45, 7) is 7.81. The average Bonchev–Trinajstić information content (AvgIpc) is 2.67. The molecule has 0 radical (unpaired) electrons. The molecule has 0 bridgehead atoms. The Morgan fingerprint density at radius 2 is 1.81 bits per heavy atom. The van der Waals surface area contributed by atoms with E-state index in [9.17, 15) is 0 Å². The van der Waals surface area contributed by atoms with Crippen LogP contribution in [0.4, 0.5) is 0 Å². The number of hydrogen-bond acceptors (Lipinski definition) is 8. The zero-order valence-corrected chi connectivity index (χ0v) is 15.2. The second kappa shape index (κ2) is 8.77. The highest BCUT2D eigenvalue weighted by molar-refractivity contribution is 5.32. The van der Waals surface area contributed by atoms with Crippen molar-refractivity contribution in [2.75, 3.05) is 39.5 Å². The van der Waals surface area contributed by atoms with Gasteiger partial charge < -0.3 is 24.8 Å². The minimum absolute atomic E-state index is 0.311. The van der Waals surface area contributed by atoms with Crippen LogP contribution in [0.15, 0.2) is 30.7 Å². The first-order valence-corrected chi connectivity index (χ1v) is 8.83. The summed E-state index contributed by atoms with van der Waals surface area (Å²) < 4.78 is 17.0. The molecule has 26 heavy (non-hydrogen) atoms. The fourth-order valence-corrected chi connectivity index (χ4v) is 2.83. The molecule has 1 atom stereocenters. The largest absolute Gasteiger partial charge is 0.484 e. The first kappa shape index (κ1) is 18.3. The van der Waals surface area contributed by atoms with Crippen LogP contribution in [-0.2, 0) is 5.54 Å². The molecule has 3 rings (SSSR count). The van der Waals surface area contributed by atoms with Crippen LogP contribution in [0, 0.1) is 0 Å². The first-order valence-electron chi connectivity index (χ1n) is 8.83. The average molecular weight is 359 g/mol. The number of ether oxygens (including phenoxy) is 3. The van der Waals surface area contributed by atoms with Crippen LogP contribution in [-0.4, -0.2) is 54.4 Å². The zero-order valence-electron chi connectivity index (χ0n) is 15.2.